The molecule has 0 radical (unpaired) electrons. The molecule has 19 heavy (non-hydrogen) atoms. The fraction of sp³-hybridized carbons (Fsp3) is 0.647. The van der Waals surface area contributed by atoms with E-state index in [4.69, 9.17) is 0 Å². The van der Waals surface area contributed by atoms with Crippen molar-refractivity contribution in [2.24, 2.45) is 5.92 Å². The van der Waals surface area contributed by atoms with Crippen molar-refractivity contribution in [3.8, 4) is 0 Å². The minimum Gasteiger partial charge on any atom is -0.305 e. The van der Waals surface area contributed by atoms with E-state index in [1.165, 1.54) is 12.0 Å². The molecule has 0 amide bonds. The third-order valence-corrected chi connectivity index (χ3v) is 4.89. The summed E-state index contributed by atoms with van der Waals surface area (Å²) < 4.78 is 0. The van der Waals surface area contributed by atoms with Crippen molar-refractivity contribution in [3.05, 3.63) is 35.9 Å². The standard InChI is InChI=1S/C17H28N2/c1-5-14(2)15(3)19-12-11-18-17(4,13-19)16-9-7-6-8-10-16/h6-10,14-15,18H,5,11-13H2,1-4H3. The van der Waals surface area contributed by atoms with E-state index in [1.54, 1.807) is 0 Å². The Bertz CT molecular complexity index is 390. The lowest BCUT2D eigenvalue weighted by molar-refractivity contribution is 0.0806. The number of nitrogens with zero attached hydrogens (tertiary/aromatic N) is 1. The van der Waals surface area contributed by atoms with Crippen molar-refractivity contribution < 1.29 is 0 Å². The summed E-state index contributed by atoms with van der Waals surface area (Å²) in [5, 5.41) is 3.71. The normalized spacial score (nSPS) is 28.0. The van der Waals surface area contributed by atoms with Crippen molar-refractivity contribution in [2.45, 2.75) is 45.7 Å². The molecule has 2 rings (SSSR count). The van der Waals surface area contributed by atoms with Crippen LogP contribution in [-0.2, 0) is 5.54 Å². The van der Waals surface area contributed by atoms with Gasteiger partial charge in [0.1, 0.15) is 0 Å². The summed E-state index contributed by atoms with van der Waals surface area (Å²) in [6, 6.07) is 11.5. The summed E-state index contributed by atoms with van der Waals surface area (Å²) in [7, 11) is 0. The van der Waals surface area contributed by atoms with E-state index < -0.39 is 0 Å². The van der Waals surface area contributed by atoms with Crippen LogP contribution in [0.3, 0.4) is 0 Å². The van der Waals surface area contributed by atoms with Gasteiger partial charge in [0, 0.05) is 25.7 Å². The molecule has 3 atom stereocenters. The van der Waals surface area contributed by atoms with Crippen molar-refractivity contribution in [3.63, 3.8) is 0 Å². The van der Waals surface area contributed by atoms with E-state index in [1.807, 2.05) is 0 Å². The van der Waals surface area contributed by atoms with Crippen LogP contribution >= 0.6 is 0 Å². The maximum Gasteiger partial charge on any atom is 0.0535 e. The van der Waals surface area contributed by atoms with Gasteiger partial charge in [0.25, 0.3) is 0 Å². The highest BCUT2D eigenvalue weighted by atomic mass is 15.2. The molecule has 0 saturated carbocycles. The van der Waals surface area contributed by atoms with Crippen molar-refractivity contribution in [2.75, 3.05) is 19.6 Å². The van der Waals surface area contributed by atoms with Gasteiger partial charge in [0.15, 0.2) is 0 Å². The fourth-order valence-corrected chi connectivity index (χ4v) is 3.06. The number of hydrogen-bond acceptors (Lipinski definition) is 2. The Morgan fingerprint density at radius 3 is 2.58 bits per heavy atom. The van der Waals surface area contributed by atoms with Crippen LogP contribution in [0.4, 0.5) is 0 Å². The zero-order valence-electron chi connectivity index (χ0n) is 12.8. The Hall–Kier alpha value is -0.860. The average molecular weight is 260 g/mol. The van der Waals surface area contributed by atoms with Gasteiger partial charge in [-0.15, -0.1) is 0 Å². The second-order valence-electron chi connectivity index (χ2n) is 6.22. The summed E-state index contributed by atoms with van der Waals surface area (Å²) in [6.07, 6.45) is 1.26. The van der Waals surface area contributed by atoms with Crippen molar-refractivity contribution >= 4 is 0 Å². The second kappa shape index (κ2) is 6.06. The molecule has 2 nitrogen and oxygen atoms in total. The lowest BCUT2D eigenvalue weighted by atomic mass is 9.88. The Morgan fingerprint density at radius 1 is 1.26 bits per heavy atom. The van der Waals surface area contributed by atoms with Gasteiger partial charge >= 0.3 is 0 Å². The highest BCUT2D eigenvalue weighted by Crippen LogP contribution is 2.27. The number of benzene rings is 1. The molecule has 0 bridgehead atoms. The molecule has 3 unspecified atom stereocenters. The Kier molecular flexibility index (Phi) is 4.64. The number of rotatable bonds is 4. The fourth-order valence-electron chi connectivity index (χ4n) is 3.06. The smallest absolute Gasteiger partial charge is 0.0535 e. The molecule has 0 aliphatic carbocycles. The van der Waals surface area contributed by atoms with Crippen molar-refractivity contribution in [1.29, 1.82) is 0 Å². The van der Waals surface area contributed by atoms with E-state index in [-0.39, 0.29) is 5.54 Å². The summed E-state index contributed by atoms with van der Waals surface area (Å²) in [6.45, 7) is 12.7. The molecule has 1 aliphatic heterocycles. The van der Waals surface area contributed by atoms with Gasteiger partial charge in [0.05, 0.1) is 5.54 Å². The monoisotopic (exact) mass is 260 g/mol. The van der Waals surface area contributed by atoms with Crippen LogP contribution in [0.2, 0.25) is 0 Å². The summed E-state index contributed by atoms with van der Waals surface area (Å²) in [5.41, 5.74) is 1.48. The van der Waals surface area contributed by atoms with Gasteiger partial charge in [-0.2, -0.15) is 0 Å². The van der Waals surface area contributed by atoms with Crippen LogP contribution in [0, 0.1) is 5.92 Å². The zero-order valence-corrected chi connectivity index (χ0v) is 12.8. The lowest BCUT2D eigenvalue weighted by Crippen LogP contribution is -2.59. The number of hydrogen-bond donors (Lipinski definition) is 1. The zero-order chi connectivity index (χ0) is 13.9. The predicted octanol–water partition coefficient (Wildman–Crippen LogP) is 3.24. The molecule has 1 aliphatic rings. The minimum atomic E-state index is 0.0846. The molecule has 1 heterocycles. The van der Waals surface area contributed by atoms with E-state index in [2.05, 4.69) is 68.2 Å². The molecule has 0 spiro atoms. The maximum absolute atomic E-state index is 3.71. The van der Waals surface area contributed by atoms with Gasteiger partial charge < -0.3 is 5.32 Å². The molecule has 2 heteroatoms. The molecule has 1 saturated heterocycles. The third kappa shape index (κ3) is 3.18. The van der Waals surface area contributed by atoms with Crippen LogP contribution in [-0.4, -0.2) is 30.6 Å². The maximum atomic E-state index is 3.71. The molecule has 1 fully saturated rings. The third-order valence-electron chi connectivity index (χ3n) is 4.89. The minimum absolute atomic E-state index is 0.0846. The van der Waals surface area contributed by atoms with Crippen molar-refractivity contribution in [1.82, 2.24) is 10.2 Å². The van der Waals surface area contributed by atoms with Crippen LogP contribution in [0.1, 0.15) is 39.7 Å². The first kappa shape index (κ1) is 14.5. The van der Waals surface area contributed by atoms with E-state index in [0.717, 1.165) is 25.6 Å². The van der Waals surface area contributed by atoms with Crippen LogP contribution in [0.15, 0.2) is 30.3 Å². The number of piperazine rings is 1. The highest BCUT2D eigenvalue weighted by Gasteiger charge is 2.34. The van der Waals surface area contributed by atoms with Gasteiger partial charge in [-0.3, -0.25) is 4.90 Å². The number of nitrogens with one attached hydrogen (secondary N) is 1. The first-order valence-corrected chi connectivity index (χ1v) is 7.61. The van der Waals surface area contributed by atoms with Gasteiger partial charge in [0.2, 0.25) is 0 Å². The quantitative estimate of drug-likeness (QED) is 0.894. The first-order valence-electron chi connectivity index (χ1n) is 7.61. The van der Waals surface area contributed by atoms with E-state index in [0.29, 0.717) is 6.04 Å². The Labute approximate surface area is 118 Å². The second-order valence-corrected chi connectivity index (χ2v) is 6.22. The Morgan fingerprint density at radius 2 is 1.95 bits per heavy atom. The largest absolute Gasteiger partial charge is 0.305 e. The summed E-state index contributed by atoms with van der Waals surface area (Å²) in [5.74, 6) is 0.762. The lowest BCUT2D eigenvalue weighted by Gasteiger charge is -2.45. The van der Waals surface area contributed by atoms with E-state index in [9.17, 15) is 0 Å². The van der Waals surface area contributed by atoms with Gasteiger partial charge in [-0.1, -0.05) is 50.6 Å². The predicted molar refractivity (Wildman–Crippen MR) is 82.3 cm³/mol. The molecular weight excluding hydrogens is 232 g/mol. The van der Waals surface area contributed by atoms with Crippen LogP contribution in [0.25, 0.3) is 0 Å². The van der Waals surface area contributed by atoms with Crippen LogP contribution in [0.5, 0.6) is 0 Å². The average Bonchev–Trinajstić information content (AvgIpc) is 2.46. The first-order chi connectivity index (χ1) is 9.07. The SMILES string of the molecule is CCC(C)C(C)N1CCNC(C)(c2ccccc2)C1. The summed E-state index contributed by atoms with van der Waals surface area (Å²) >= 11 is 0. The molecule has 1 aromatic carbocycles. The Balaban J connectivity index is 2.12. The van der Waals surface area contributed by atoms with Crippen LogP contribution < -0.4 is 5.32 Å². The molecule has 1 N–H and O–H groups in total. The molecular formula is C17H28N2. The van der Waals surface area contributed by atoms with Gasteiger partial charge in [-0.25, -0.2) is 0 Å². The van der Waals surface area contributed by atoms with Gasteiger partial charge in [-0.05, 0) is 25.3 Å². The molecule has 106 valence electrons. The topological polar surface area (TPSA) is 15.3 Å². The molecule has 1 aromatic rings. The highest BCUT2D eigenvalue weighted by molar-refractivity contribution is 5.25. The van der Waals surface area contributed by atoms with E-state index >= 15 is 0 Å². The summed E-state index contributed by atoms with van der Waals surface area (Å²) in [4.78, 5) is 2.65. The molecule has 0 aromatic heterocycles.